The van der Waals surface area contributed by atoms with Gasteiger partial charge in [0.15, 0.2) is 5.82 Å². The van der Waals surface area contributed by atoms with Gasteiger partial charge in [-0.15, -0.1) is 5.10 Å². The summed E-state index contributed by atoms with van der Waals surface area (Å²) in [5.74, 6) is 0.772. The lowest BCUT2D eigenvalue weighted by Crippen LogP contribution is -2.03. The van der Waals surface area contributed by atoms with Gasteiger partial charge in [0.25, 0.3) is 0 Å². The van der Waals surface area contributed by atoms with Crippen molar-refractivity contribution in [2.45, 2.75) is 20.4 Å². The van der Waals surface area contributed by atoms with Gasteiger partial charge in [-0.2, -0.15) is 5.10 Å². The Morgan fingerprint density at radius 3 is 2.71 bits per heavy atom. The summed E-state index contributed by atoms with van der Waals surface area (Å²) in [6.45, 7) is 4.76. The van der Waals surface area contributed by atoms with Gasteiger partial charge in [-0.3, -0.25) is 4.68 Å². The van der Waals surface area contributed by atoms with Crippen LogP contribution in [0.2, 0.25) is 0 Å². The minimum absolute atomic E-state index is 0.700. The average Bonchev–Trinajstić information content (AvgIpc) is 3.02. The van der Waals surface area contributed by atoms with Crippen molar-refractivity contribution < 1.29 is 0 Å². The zero-order valence-electron chi connectivity index (χ0n) is 12.4. The summed E-state index contributed by atoms with van der Waals surface area (Å²) < 4.78 is 3.63. The second-order valence-electron chi connectivity index (χ2n) is 5.14. The van der Waals surface area contributed by atoms with Crippen LogP contribution in [0.3, 0.4) is 0 Å². The molecule has 0 amide bonds. The van der Waals surface area contributed by atoms with Crippen molar-refractivity contribution in [2.24, 2.45) is 7.05 Å². The van der Waals surface area contributed by atoms with E-state index in [0.29, 0.717) is 6.54 Å². The molecule has 6 heteroatoms. The smallest absolute Gasteiger partial charge is 0.168 e. The number of hydrogen-bond acceptors (Lipinski definition) is 4. The van der Waals surface area contributed by atoms with Gasteiger partial charge in [-0.1, -0.05) is 17.3 Å². The average molecular weight is 282 g/mol. The molecule has 0 bridgehead atoms. The number of aromatic nitrogens is 5. The summed E-state index contributed by atoms with van der Waals surface area (Å²) in [4.78, 5) is 0. The van der Waals surface area contributed by atoms with Crippen molar-refractivity contribution >= 4 is 5.82 Å². The Labute approximate surface area is 123 Å². The number of rotatable bonds is 4. The van der Waals surface area contributed by atoms with Gasteiger partial charge in [0.2, 0.25) is 0 Å². The lowest BCUT2D eigenvalue weighted by molar-refractivity contribution is 0.715. The molecule has 0 fully saturated rings. The van der Waals surface area contributed by atoms with E-state index in [-0.39, 0.29) is 0 Å². The molecular formula is C15H18N6. The van der Waals surface area contributed by atoms with E-state index in [1.807, 2.05) is 30.9 Å². The Morgan fingerprint density at radius 1 is 1.19 bits per heavy atom. The summed E-state index contributed by atoms with van der Waals surface area (Å²) in [5.41, 5.74) is 4.40. The fourth-order valence-electron chi connectivity index (χ4n) is 2.31. The fourth-order valence-corrected chi connectivity index (χ4v) is 2.31. The van der Waals surface area contributed by atoms with E-state index in [1.165, 1.54) is 5.56 Å². The maximum atomic E-state index is 4.51. The van der Waals surface area contributed by atoms with Crippen LogP contribution in [0, 0.1) is 13.8 Å². The van der Waals surface area contributed by atoms with Crippen LogP contribution < -0.4 is 5.32 Å². The normalized spacial score (nSPS) is 10.8. The third-order valence-corrected chi connectivity index (χ3v) is 3.24. The first kappa shape index (κ1) is 13.4. The lowest BCUT2D eigenvalue weighted by Gasteiger charge is -2.08. The Morgan fingerprint density at radius 2 is 2.05 bits per heavy atom. The molecule has 0 aliphatic carbocycles. The van der Waals surface area contributed by atoms with E-state index < -0.39 is 0 Å². The fraction of sp³-hybridized carbons (Fsp3) is 0.267. The summed E-state index contributed by atoms with van der Waals surface area (Å²) in [7, 11) is 1.85. The molecule has 3 rings (SSSR count). The Balaban J connectivity index is 1.78. The molecule has 2 heterocycles. The quantitative estimate of drug-likeness (QED) is 0.797. The third-order valence-electron chi connectivity index (χ3n) is 3.24. The van der Waals surface area contributed by atoms with Crippen LogP contribution in [0.4, 0.5) is 5.82 Å². The molecule has 3 aromatic rings. The second-order valence-corrected chi connectivity index (χ2v) is 5.14. The predicted molar refractivity (Wildman–Crippen MR) is 81.4 cm³/mol. The van der Waals surface area contributed by atoms with Gasteiger partial charge in [0, 0.05) is 19.3 Å². The highest BCUT2D eigenvalue weighted by molar-refractivity contribution is 5.39. The van der Waals surface area contributed by atoms with Gasteiger partial charge in [0.1, 0.15) is 0 Å². The van der Waals surface area contributed by atoms with E-state index in [4.69, 9.17) is 0 Å². The number of nitrogens with one attached hydrogen (secondary N) is 1. The maximum absolute atomic E-state index is 4.51. The van der Waals surface area contributed by atoms with Crippen molar-refractivity contribution in [3.05, 3.63) is 53.5 Å². The number of anilines is 1. The largest absolute Gasteiger partial charge is 0.363 e. The minimum Gasteiger partial charge on any atom is -0.363 e. The van der Waals surface area contributed by atoms with E-state index in [0.717, 1.165) is 22.9 Å². The molecule has 108 valence electrons. The van der Waals surface area contributed by atoms with Crippen LogP contribution in [0.1, 0.15) is 17.0 Å². The molecule has 0 atom stereocenters. The van der Waals surface area contributed by atoms with E-state index in [2.05, 4.69) is 51.9 Å². The number of nitrogens with zero attached hydrogens (tertiary/aromatic N) is 5. The standard InChI is InChI=1S/C15H18N6/c1-11-7-12(2)21(18-11)14-6-4-5-13(8-14)9-16-15-10-20(3)19-17-15/h4-8,10,16H,9H2,1-3H3. The van der Waals surface area contributed by atoms with Crippen LogP contribution in [0.25, 0.3) is 5.69 Å². The Hall–Kier alpha value is -2.63. The summed E-state index contributed by atoms with van der Waals surface area (Å²) >= 11 is 0. The third kappa shape index (κ3) is 2.94. The number of hydrogen-bond donors (Lipinski definition) is 1. The summed E-state index contributed by atoms with van der Waals surface area (Å²) in [6.07, 6.45) is 1.85. The SMILES string of the molecule is Cc1cc(C)n(-c2cccc(CNc3cn(C)nn3)c2)n1. The van der Waals surface area contributed by atoms with E-state index in [9.17, 15) is 0 Å². The van der Waals surface area contributed by atoms with Crippen molar-refractivity contribution in [2.75, 3.05) is 5.32 Å². The zero-order chi connectivity index (χ0) is 14.8. The molecule has 2 aromatic heterocycles. The van der Waals surface area contributed by atoms with Gasteiger partial charge in [-0.05, 0) is 37.6 Å². The molecule has 0 unspecified atom stereocenters. The Bertz CT molecular complexity index is 755. The lowest BCUT2D eigenvalue weighted by atomic mass is 10.2. The van der Waals surface area contributed by atoms with Gasteiger partial charge < -0.3 is 5.32 Å². The molecular weight excluding hydrogens is 264 g/mol. The van der Waals surface area contributed by atoms with Crippen LogP contribution in [0.15, 0.2) is 36.5 Å². The van der Waals surface area contributed by atoms with Gasteiger partial charge in [-0.25, -0.2) is 4.68 Å². The van der Waals surface area contributed by atoms with E-state index in [1.54, 1.807) is 4.68 Å². The van der Waals surface area contributed by atoms with Gasteiger partial charge >= 0.3 is 0 Å². The maximum Gasteiger partial charge on any atom is 0.168 e. The van der Waals surface area contributed by atoms with Crippen molar-refractivity contribution in [3.63, 3.8) is 0 Å². The molecule has 0 radical (unpaired) electrons. The van der Waals surface area contributed by atoms with Crippen LogP contribution >= 0.6 is 0 Å². The first-order chi connectivity index (χ1) is 10.1. The molecule has 6 nitrogen and oxygen atoms in total. The molecule has 0 saturated heterocycles. The van der Waals surface area contributed by atoms with Crippen molar-refractivity contribution in [1.29, 1.82) is 0 Å². The second kappa shape index (κ2) is 5.40. The monoisotopic (exact) mass is 282 g/mol. The Kier molecular flexibility index (Phi) is 3.43. The van der Waals surface area contributed by atoms with E-state index >= 15 is 0 Å². The molecule has 0 saturated carbocycles. The van der Waals surface area contributed by atoms with Crippen molar-refractivity contribution in [1.82, 2.24) is 24.8 Å². The summed E-state index contributed by atoms with van der Waals surface area (Å²) in [6, 6.07) is 10.4. The molecule has 0 spiro atoms. The first-order valence-corrected chi connectivity index (χ1v) is 6.84. The number of aryl methyl sites for hydroxylation is 3. The van der Waals surface area contributed by atoms with Crippen molar-refractivity contribution in [3.8, 4) is 5.69 Å². The zero-order valence-corrected chi connectivity index (χ0v) is 12.4. The topological polar surface area (TPSA) is 60.6 Å². The highest BCUT2D eigenvalue weighted by Crippen LogP contribution is 2.14. The molecule has 0 aliphatic heterocycles. The number of benzene rings is 1. The van der Waals surface area contributed by atoms with Crippen LogP contribution in [-0.2, 0) is 13.6 Å². The summed E-state index contributed by atoms with van der Waals surface area (Å²) in [5, 5.41) is 15.7. The molecule has 1 aromatic carbocycles. The molecule has 1 N–H and O–H groups in total. The van der Waals surface area contributed by atoms with Crippen LogP contribution in [-0.4, -0.2) is 24.8 Å². The predicted octanol–water partition coefficient (Wildman–Crippen LogP) is 2.23. The van der Waals surface area contributed by atoms with Crippen LogP contribution in [0.5, 0.6) is 0 Å². The van der Waals surface area contributed by atoms with Gasteiger partial charge in [0.05, 0.1) is 17.6 Å². The highest BCUT2D eigenvalue weighted by atomic mass is 15.4. The highest BCUT2D eigenvalue weighted by Gasteiger charge is 2.05. The first-order valence-electron chi connectivity index (χ1n) is 6.84. The molecule has 0 aliphatic rings. The molecule has 21 heavy (non-hydrogen) atoms. The minimum atomic E-state index is 0.700.